The predicted molar refractivity (Wildman–Crippen MR) is 99.0 cm³/mol. The maximum absolute atomic E-state index is 5.72. The van der Waals surface area contributed by atoms with Crippen LogP contribution in [0.15, 0.2) is 18.2 Å². The maximum atomic E-state index is 5.72. The molecule has 0 bridgehead atoms. The Balaban J connectivity index is 1.76. The Bertz CT molecular complexity index is 1030. The predicted octanol–water partition coefficient (Wildman–Crippen LogP) is 3.33. The summed E-state index contributed by atoms with van der Waals surface area (Å²) in [5, 5.41) is 0. The molecule has 5 rings (SSSR count). The Kier molecular flexibility index (Phi) is 3.89. The number of rotatable bonds is 2. The van der Waals surface area contributed by atoms with Crippen LogP contribution in [-0.4, -0.2) is 39.9 Å². The second-order valence-corrected chi connectivity index (χ2v) is 6.92. The van der Waals surface area contributed by atoms with E-state index in [0.29, 0.717) is 16.9 Å². The number of aromatic nitrogens is 4. The van der Waals surface area contributed by atoms with Crippen molar-refractivity contribution in [3.05, 3.63) is 35.4 Å². The molecule has 4 heterocycles. The van der Waals surface area contributed by atoms with Crippen molar-refractivity contribution in [2.24, 2.45) is 0 Å². The zero-order valence-electron chi connectivity index (χ0n) is 15.4. The average molecular weight is 364 g/mol. The monoisotopic (exact) mass is 364 g/mol. The zero-order chi connectivity index (χ0) is 18.4. The quantitative estimate of drug-likeness (QED) is 0.690. The molecule has 0 amide bonds. The van der Waals surface area contributed by atoms with Crippen LogP contribution in [0.3, 0.4) is 0 Å². The van der Waals surface area contributed by atoms with E-state index >= 15 is 0 Å². The van der Waals surface area contributed by atoms with E-state index in [1.165, 1.54) is 0 Å². The largest absolute Gasteiger partial charge is 0.454 e. The van der Waals surface area contributed by atoms with Gasteiger partial charge in [0, 0.05) is 24.7 Å². The topological polar surface area (TPSA) is 79.3 Å². The lowest BCUT2D eigenvalue weighted by Gasteiger charge is -2.21. The van der Waals surface area contributed by atoms with Gasteiger partial charge < -0.3 is 14.2 Å². The first kappa shape index (κ1) is 16.4. The highest BCUT2D eigenvalue weighted by molar-refractivity contribution is 5.90. The van der Waals surface area contributed by atoms with E-state index in [1.54, 1.807) is 0 Å². The molecular formula is C20H20N4O3. The lowest BCUT2D eigenvalue weighted by molar-refractivity contribution is 0.0836. The van der Waals surface area contributed by atoms with Crippen LogP contribution in [0.5, 0.6) is 11.5 Å². The van der Waals surface area contributed by atoms with E-state index in [-0.39, 0.29) is 12.7 Å². The Morgan fingerprint density at radius 2 is 1.74 bits per heavy atom. The number of fused-ring (bicyclic) bond motifs is 2. The molecule has 0 atom stereocenters. The van der Waals surface area contributed by atoms with Gasteiger partial charge in [0.2, 0.25) is 6.79 Å². The Morgan fingerprint density at radius 1 is 0.926 bits per heavy atom. The molecular weight excluding hydrogens is 344 g/mol. The number of benzene rings is 1. The molecule has 0 N–H and O–H groups in total. The Morgan fingerprint density at radius 3 is 2.59 bits per heavy atom. The van der Waals surface area contributed by atoms with Crippen LogP contribution in [-0.2, 0) is 4.74 Å². The van der Waals surface area contributed by atoms with E-state index in [0.717, 1.165) is 60.3 Å². The first-order valence-electron chi connectivity index (χ1n) is 9.20. The van der Waals surface area contributed by atoms with E-state index < -0.39 is 0 Å². The van der Waals surface area contributed by atoms with E-state index in [9.17, 15) is 0 Å². The number of hydrogen-bond acceptors (Lipinski definition) is 7. The highest BCUT2D eigenvalue weighted by Gasteiger charge is 2.25. The molecule has 138 valence electrons. The summed E-state index contributed by atoms with van der Waals surface area (Å²) in [6.07, 6.45) is 1.82. The first-order chi connectivity index (χ1) is 13.2. The van der Waals surface area contributed by atoms with Crippen molar-refractivity contribution < 1.29 is 14.2 Å². The fourth-order valence-corrected chi connectivity index (χ4v) is 3.57. The molecule has 0 saturated carbocycles. The van der Waals surface area contributed by atoms with Gasteiger partial charge in [-0.1, -0.05) is 6.07 Å². The lowest BCUT2D eigenvalue weighted by atomic mass is 9.99. The summed E-state index contributed by atoms with van der Waals surface area (Å²) in [5.41, 5.74) is 4.68. The van der Waals surface area contributed by atoms with Crippen LogP contribution < -0.4 is 9.47 Å². The summed E-state index contributed by atoms with van der Waals surface area (Å²) in [6.45, 7) is 5.59. The minimum absolute atomic E-state index is 0.214. The summed E-state index contributed by atoms with van der Waals surface area (Å²) in [6, 6.07) is 5.83. The molecule has 2 aliphatic rings. The van der Waals surface area contributed by atoms with E-state index in [2.05, 4.69) is 0 Å². The van der Waals surface area contributed by atoms with Crippen LogP contribution in [0.2, 0.25) is 0 Å². The van der Waals surface area contributed by atoms with Crippen molar-refractivity contribution in [1.82, 2.24) is 19.9 Å². The normalized spacial score (nSPS) is 16.8. The Labute approximate surface area is 156 Å². The second kappa shape index (κ2) is 6.42. The van der Waals surface area contributed by atoms with Gasteiger partial charge in [0.1, 0.15) is 17.0 Å². The molecule has 0 unspecified atom stereocenters. The molecule has 2 aliphatic heterocycles. The maximum Gasteiger partial charge on any atom is 0.231 e. The number of nitrogens with zero attached hydrogens (tertiary/aromatic N) is 4. The third-order valence-corrected chi connectivity index (χ3v) is 5.20. The summed E-state index contributed by atoms with van der Waals surface area (Å²) in [5.74, 6) is 2.49. The smallest absolute Gasteiger partial charge is 0.231 e. The van der Waals surface area contributed by atoms with Crippen molar-refractivity contribution >= 4 is 11.2 Å². The van der Waals surface area contributed by atoms with Gasteiger partial charge in [-0.2, -0.15) is 0 Å². The van der Waals surface area contributed by atoms with Gasteiger partial charge in [0.15, 0.2) is 17.1 Å². The lowest BCUT2D eigenvalue weighted by Crippen LogP contribution is -2.17. The molecule has 7 nitrogen and oxygen atoms in total. The molecule has 1 aromatic carbocycles. The van der Waals surface area contributed by atoms with Gasteiger partial charge in [-0.05, 0) is 38.8 Å². The molecule has 1 saturated heterocycles. The SMILES string of the molecule is Cc1nc2nc(C3CCOCC3)nc(-c3cccc4c3OCO4)c2nc1C. The highest BCUT2D eigenvalue weighted by atomic mass is 16.7. The van der Waals surface area contributed by atoms with Crippen molar-refractivity contribution in [2.75, 3.05) is 20.0 Å². The minimum atomic E-state index is 0.214. The highest BCUT2D eigenvalue weighted by Crippen LogP contribution is 2.42. The van der Waals surface area contributed by atoms with Crippen molar-refractivity contribution in [3.63, 3.8) is 0 Å². The fraction of sp³-hybridized carbons (Fsp3) is 0.400. The standard InChI is InChI=1S/C20H20N4O3/c1-11-12(2)22-20-17(21-11)16(14-4-3-5-15-18(14)27-10-26-15)23-19(24-20)13-6-8-25-9-7-13/h3-5,13H,6-10H2,1-2H3. The molecule has 0 radical (unpaired) electrons. The zero-order valence-corrected chi connectivity index (χ0v) is 15.4. The van der Waals surface area contributed by atoms with Gasteiger partial charge in [-0.3, -0.25) is 0 Å². The van der Waals surface area contributed by atoms with Crippen LogP contribution in [0.4, 0.5) is 0 Å². The molecule has 7 heteroatoms. The van der Waals surface area contributed by atoms with Crippen LogP contribution in [0.25, 0.3) is 22.4 Å². The van der Waals surface area contributed by atoms with Crippen molar-refractivity contribution in [1.29, 1.82) is 0 Å². The van der Waals surface area contributed by atoms with Gasteiger partial charge in [-0.15, -0.1) is 0 Å². The molecule has 2 aromatic heterocycles. The summed E-state index contributed by atoms with van der Waals surface area (Å²) < 4.78 is 16.8. The minimum Gasteiger partial charge on any atom is -0.454 e. The number of para-hydroxylation sites is 1. The van der Waals surface area contributed by atoms with Crippen molar-refractivity contribution in [3.8, 4) is 22.8 Å². The molecule has 1 fully saturated rings. The molecule has 0 aliphatic carbocycles. The molecule has 0 spiro atoms. The van der Waals surface area contributed by atoms with Gasteiger partial charge in [-0.25, -0.2) is 19.9 Å². The molecule has 3 aromatic rings. The van der Waals surface area contributed by atoms with Gasteiger partial charge in [0.25, 0.3) is 0 Å². The van der Waals surface area contributed by atoms with Crippen LogP contribution in [0.1, 0.15) is 36.0 Å². The summed E-state index contributed by atoms with van der Waals surface area (Å²) in [4.78, 5) is 19.2. The van der Waals surface area contributed by atoms with Gasteiger partial charge in [0.05, 0.1) is 11.4 Å². The average Bonchev–Trinajstić information content (AvgIpc) is 3.18. The third kappa shape index (κ3) is 2.78. The van der Waals surface area contributed by atoms with Crippen LogP contribution in [0, 0.1) is 13.8 Å². The van der Waals surface area contributed by atoms with Crippen LogP contribution >= 0.6 is 0 Å². The number of ether oxygens (including phenoxy) is 3. The number of aryl methyl sites for hydroxylation is 2. The van der Waals surface area contributed by atoms with E-state index in [4.69, 9.17) is 34.1 Å². The van der Waals surface area contributed by atoms with Gasteiger partial charge >= 0.3 is 0 Å². The number of hydrogen-bond donors (Lipinski definition) is 0. The van der Waals surface area contributed by atoms with E-state index in [1.807, 2.05) is 32.0 Å². The molecule has 27 heavy (non-hydrogen) atoms. The summed E-state index contributed by atoms with van der Waals surface area (Å²) in [7, 11) is 0. The van der Waals surface area contributed by atoms with Crippen molar-refractivity contribution in [2.45, 2.75) is 32.6 Å². The Hall–Kier alpha value is -2.80. The second-order valence-electron chi connectivity index (χ2n) is 6.92. The third-order valence-electron chi connectivity index (χ3n) is 5.20. The fourth-order valence-electron chi connectivity index (χ4n) is 3.57. The summed E-state index contributed by atoms with van der Waals surface area (Å²) >= 11 is 0. The first-order valence-corrected chi connectivity index (χ1v) is 9.20.